The SMILES string of the molecule is C=CCSC1=C(C#N)C(c2ccncc2)C(C(=O)Nc2ccc(Cl)cc2)=C(C)N1. The minimum atomic E-state index is -0.496. The molecular formula is C22H19ClN4OS. The zero-order valence-electron chi connectivity index (χ0n) is 15.8. The predicted molar refractivity (Wildman–Crippen MR) is 118 cm³/mol. The highest BCUT2D eigenvalue weighted by atomic mass is 35.5. The number of allylic oxidation sites excluding steroid dienone is 2. The minimum absolute atomic E-state index is 0.278. The normalized spacial score (nSPS) is 16.1. The Morgan fingerprint density at radius 1 is 1.34 bits per heavy atom. The van der Waals surface area contributed by atoms with Crippen molar-refractivity contribution in [2.45, 2.75) is 12.8 Å². The van der Waals surface area contributed by atoms with E-state index < -0.39 is 5.92 Å². The van der Waals surface area contributed by atoms with E-state index in [0.717, 1.165) is 10.6 Å². The molecule has 0 fully saturated rings. The van der Waals surface area contributed by atoms with Crippen molar-refractivity contribution in [3.05, 3.63) is 93.9 Å². The number of nitrogens with one attached hydrogen (secondary N) is 2. The molecule has 3 rings (SSSR count). The zero-order valence-corrected chi connectivity index (χ0v) is 17.3. The van der Waals surface area contributed by atoms with Crippen LogP contribution in [0.3, 0.4) is 0 Å². The Balaban J connectivity index is 2.03. The minimum Gasteiger partial charge on any atom is -0.353 e. The second kappa shape index (κ2) is 9.46. The van der Waals surface area contributed by atoms with Crippen LogP contribution in [0, 0.1) is 11.3 Å². The van der Waals surface area contributed by atoms with Gasteiger partial charge in [-0.1, -0.05) is 17.7 Å². The van der Waals surface area contributed by atoms with Gasteiger partial charge in [-0.15, -0.1) is 18.3 Å². The molecule has 2 N–H and O–H groups in total. The summed E-state index contributed by atoms with van der Waals surface area (Å²) in [6, 6.07) is 12.8. The fourth-order valence-electron chi connectivity index (χ4n) is 3.09. The van der Waals surface area contributed by atoms with Crippen LogP contribution >= 0.6 is 23.4 Å². The summed E-state index contributed by atoms with van der Waals surface area (Å²) < 4.78 is 0. The molecule has 1 aliphatic heterocycles. The van der Waals surface area contributed by atoms with Crippen LogP contribution in [0.2, 0.25) is 5.02 Å². The van der Waals surface area contributed by atoms with Gasteiger partial charge in [0.1, 0.15) is 0 Å². The lowest BCUT2D eigenvalue weighted by Gasteiger charge is -2.29. The maximum absolute atomic E-state index is 13.2. The van der Waals surface area contributed by atoms with Gasteiger partial charge >= 0.3 is 0 Å². The number of carbonyl (C=O) groups is 1. The summed E-state index contributed by atoms with van der Waals surface area (Å²) >= 11 is 7.41. The Hall–Kier alpha value is -3.01. The summed E-state index contributed by atoms with van der Waals surface area (Å²) in [5.41, 5.74) is 3.14. The van der Waals surface area contributed by atoms with Gasteiger partial charge in [-0.2, -0.15) is 5.26 Å². The molecule has 146 valence electrons. The number of rotatable bonds is 6. The molecule has 0 bridgehead atoms. The first kappa shape index (κ1) is 20.7. The number of hydrogen-bond donors (Lipinski definition) is 2. The molecule has 0 saturated heterocycles. The molecule has 1 unspecified atom stereocenters. The number of thioether (sulfide) groups is 1. The molecule has 1 amide bonds. The molecule has 7 heteroatoms. The first-order chi connectivity index (χ1) is 14.0. The summed E-state index contributed by atoms with van der Waals surface area (Å²) in [6.45, 7) is 5.58. The van der Waals surface area contributed by atoms with Gasteiger partial charge in [-0.05, 0) is 48.9 Å². The summed E-state index contributed by atoms with van der Waals surface area (Å²) in [5.74, 6) is -0.126. The zero-order chi connectivity index (χ0) is 20.8. The van der Waals surface area contributed by atoms with Gasteiger partial charge in [0.2, 0.25) is 0 Å². The summed E-state index contributed by atoms with van der Waals surface area (Å²) in [4.78, 5) is 17.3. The third-order valence-corrected chi connectivity index (χ3v) is 5.64. The van der Waals surface area contributed by atoms with Crippen LogP contribution in [0.1, 0.15) is 18.4 Å². The highest BCUT2D eigenvalue weighted by Gasteiger charge is 2.34. The number of nitrogens with zero attached hydrogens (tertiary/aromatic N) is 2. The van der Waals surface area contributed by atoms with Gasteiger partial charge in [0, 0.05) is 40.1 Å². The summed E-state index contributed by atoms with van der Waals surface area (Å²) in [5, 5.41) is 17.4. The highest BCUT2D eigenvalue weighted by Crippen LogP contribution is 2.40. The molecular weight excluding hydrogens is 404 g/mol. The van der Waals surface area contributed by atoms with E-state index in [1.54, 1.807) is 42.7 Å². The van der Waals surface area contributed by atoms with Gasteiger partial charge in [-0.3, -0.25) is 9.78 Å². The predicted octanol–water partition coefficient (Wildman–Crippen LogP) is 4.99. The van der Waals surface area contributed by atoms with Crippen LogP contribution < -0.4 is 10.6 Å². The Kier molecular flexibility index (Phi) is 6.76. The number of aromatic nitrogens is 1. The first-order valence-corrected chi connectivity index (χ1v) is 10.2. The maximum atomic E-state index is 13.2. The topological polar surface area (TPSA) is 77.8 Å². The van der Waals surface area contributed by atoms with Crippen molar-refractivity contribution in [3.63, 3.8) is 0 Å². The molecule has 2 aromatic rings. The van der Waals surface area contributed by atoms with Crippen molar-refractivity contribution in [2.75, 3.05) is 11.1 Å². The lowest BCUT2D eigenvalue weighted by molar-refractivity contribution is -0.113. The average molecular weight is 423 g/mol. The van der Waals surface area contributed by atoms with Crippen molar-refractivity contribution in [1.29, 1.82) is 5.26 Å². The van der Waals surface area contributed by atoms with Crippen molar-refractivity contribution < 1.29 is 4.79 Å². The lowest BCUT2D eigenvalue weighted by Crippen LogP contribution is -2.30. The number of pyridine rings is 1. The van der Waals surface area contributed by atoms with Crippen molar-refractivity contribution in [3.8, 4) is 6.07 Å². The lowest BCUT2D eigenvalue weighted by atomic mass is 9.82. The number of benzene rings is 1. The number of hydrogen-bond acceptors (Lipinski definition) is 5. The highest BCUT2D eigenvalue weighted by molar-refractivity contribution is 8.03. The van der Waals surface area contributed by atoms with Crippen LogP contribution in [-0.4, -0.2) is 16.6 Å². The van der Waals surface area contributed by atoms with Crippen LogP contribution in [0.25, 0.3) is 0 Å². The van der Waals surface area contributed by atoms with Gasteiger partial charge in [0.25, 0.3) is 5.91 Å². The summed E-state index contributed by atoms with van der Waals surface area (Å²) in [6.07, 6.45) is 5.09. The van der Waals surface area contributed by atoms with Crippen molar-refractivity contribution in [2.24, 2.45) is 0 Å². The number of dihydropyridines is 1. The Morgan fingerprint density at radius 2 is 2.03 bits per heavy atom. The fourth-order valence-corrected chi connectivity index (χ4v) is 4.05. The molecule has 0 saturated carbocycles. The number of amides is 1. The number of carbonyl (C=O) groups excluding carboxylic acids is 1. The van der Waals surface area contributed by atoms with E-state index in [0.29, 0.717) is 33.3 Å². The molecule has 1 aromatic carbocycles. The molecule has 1 atom stereocenters. The second-order valence-electron chi connectivity index (χ2n) is 6.29. The van der Waals surface area contributed by atoms with Crippen molar-refractivity contribution >= 4 is 35.0 Å². The Bertz CT molecular complexity index is 1020. The number of halogens is 1. The molecule has 0 aliphatic carbocycles. The average Bonchev–Trinajstić information content (AvgIpc) is 2.73. The molecule has 5 nitrogen and oxygen atoms in total. The summed E-state index contributed by atoms with van der Waals surface area (Å²) in [7, 11) is 0. The molecule has 1 aliphatic rings. The smallest absolute Gasteiger partial charge is 0.254 e. The van der Waals surface area contributed by atoms with Crippen LogP contribution in [0.5, 0.6) is 0 Å². The number of nitriles is 1. The van der Waals surface area contributed by atoms with Crippen LogP contribution in [0.15, 0.2) is 83.3 Å². The standard InChI is InChI=1S/C22H19ClN4OS/c1-3-12-29-22-18(13-24)20(15-8-10-25-11-9-15)19(14(2)26-22)21(28)27-17-6-4-16(23)5-7-17/h3-11,20,26H,1,12H2,2H3,(H,27,28). The van der Waals surface area contributed by atoms with E-state index in [-0.39, 0.29) is 5.91 Å². The van der Waals surface area contributed by atoms with E-state index in [4.69, 9.17) is 11.6 Å². The second-order valence-corrected chi connectivity index (χ2v) is 7.76. The quantitative estimate of drug-likeness (QED) is 0.641. The van der Waals surface area contributed by atoms with Crippen molar-refractivity contribution in [1.82, 2.24) is 10.3 Å². The molecule has 0 radical (unpaired) electrons. The monoisotopic (exact) mass is 422 g/mol. The third-order valence-electron chi connectivity index (χ3n) is 4.38. The Morgan fingerprint density at radius 3 is 2.66 bits per heavy atom. The Labute approximate surface area is 179 Å². The first-order valence-electron chi connectivity index (χ1n) is 8.87. The maximum Gasteiger partial charge on any atom is 0.254 e. The van der Waals surface area contributed by atoms with Gasteiger partial charge in [-0.25, -0.2) is 0 Å². The molecule has 2 heterocycles. The van der Waals surface area contributed by atoms with Gasteiger partial charge < -0.3 is 10.6 Å². The largest absolute Gasteiger partial charge is 0.353 e. The molecule has 0 spiro atoms. The van der Waals surface area contributed by atoms with E-state index in [9.17, 15) is 10.1 Å². The van der Waals surface area contributed by atoms with E-state index >= 15 is 0 Å². The van der Waals surface area contributed by atoms with Crippen LogP contribution in [0.4, 0.5) is 5.69 Å². The van der Waals surface area contributed by atoms with Gasteiger partial charge in [0.15, 0.2) is 0 Å². The number of anilines is 1. The fraction of sp³-hybridized carbons (Fsp3) is 0.136. The van der Waals surface area contributed by atoms with E-state index in [1.165, 1.54) is 11.8 Å². The van der Waals surface area contributed by atoms with E-state index in [2.05, 4.69) is 28.3 Å². The van der Waals surface area contributed by atoms with Crippen LogP contribution in [-0.2, 0) is 4.79 Å². The van der Waals surface area contributed by atoms with Gasteiger partial charge in [0.05, 0.1) is 22.6 Å². The molecule has 1 aromatic heterocycles. The molecule has 29 heavy (non-hydrogen) atoms. The third kappa shape index (κ3) is 4.70. The van der Waals surface area contributed by atoms with E-state index in [1.807, 2.05) is 19.1 Å².